The molecule has 1 unspecified atom stereocenters. The number of aromatic nitrogens is 2. The van der Waals surface area contributed by atoms with E-state index in [1.54, 1.807) is 6.07 Å². The Morgan fingerprint density at radius 1 is 1.69 bits per heavy atom. The van der Waals surface area contributed by atoms with E-state index in [1.807, 2.05) is 6.92 Å². The summed E-state index contributed by atoms with van der Waals surface area (Å²) in [5.74, 6) is 0.437. The van der Waals surface area contributed by atoms with Gasteiger partial charge in [-0.25, -0.2) is 18.2 Å². The van der Waals surface area contributed by atoms with E-state index in [0.29, 0.717) is 5.92 Å². The summed E-state index contributed by atoms with van der Waals surface area (Å²) in [5, 5.41) is 17.7. The average Bonchev–Trinajstić information content (AvgIpc) is 2.93. The Kier molecular flexibility index (Phi) is 2.48. The normalized spacial score (nSPS) is 18.1. The Bertz CT molecular complexity index is 551. The Labute approximate surface area is 93.7 Å². The third-order valence-corrected chi connectivity index (χ3v) is 3.78. The molecule has 1 saturated carbocycles. The largest absolute Gasteiger partial charge is 0.256 e. The second-order valence-electron chi connectivity index (χ2n) is 4.04. The van der Waals surface area contributed by atoms with Gasteiger partial charge in [-0.2, -0.15) is 10.4 Å². The zero-order valence-electron chi connectivity index (χ0n) is 8.79. The molecule has 6 nitrogen and oxygen atoms in total. The number of hydrogen-bond donors (Lipinski definition) is 1. The fourth-order valence-corrected chi connectivity index (χ4v) is 2.66. The molecule has 1 aliphatic carbocycles. The fourth-order valence-electron chi connectivity index (χ4n) is 1.78. The lowest BCUT2D eigenvalue weighted by Crippen LogP contribution is -2.21. The molecule has 1 aromatic rings. The molecule has 0 saturated heterocycles. The molecule has 7 heteroatoms. The lowest BCUT2D eigenvalue weighted by molar-refractivity contribution is 0.405. The lowest BCUT2D eigenvalue weighted by atomic mass is 10.2. The highest BCUT2D eigenvalue weighted by molar-refractivity contribution is 7.89. The highest BCUT2D eigenvalue weighted by Crippen LogP contribution is 2.40. The third-order valence-electron chi connectivity index (χ3n) is 2.83. The van der Waals surface area contributed by atoms with Gasteiger partial charge in [0.15, 0.2) is 5.03 Å². The first-order chi connectivity index (χ1) is 7.45. The number of nitrogens with zero attached hydrogens (tertiary/aromatic N) is 3. The molecule has 2 rings (SSSR count). The van der Waals surface area contributed by atoms with Crippen LogP contribution in [0.15, 0.2) is 11.2 Å². The Morgan fingerprint density at radius 2 is 2.31 bits per heavy atom. The molecule has 1 atom stereocenters. The van der Waals surface area contributed by atoms with Crippen molar-refractivity contribution in [1.82, 2.24) is 9.78 Å². The molecule has 86 valence electrons. The summed E-state index contributed by atoms with van der Waals surface area (Å²) in [7, 11) is -3.91. The minimum atomic E-state index is -3.91. The monoisotopic (exact) mass is 240 g/mol. The molecular weight excluding hydrogens is 228 g/mol. The first-order valence-electron chi connectivity index (χ1n) is 4.95. The molecule has 1 fully saturated rings. The van der Waals surface area contributed by atoms with Crippen LogP contribution >= 0.6 is 0 Å². The lowest BCUT2D eigenvalue weighted by Gasteiger charge is -2.13. The summed E-state index contributed by atoms with van der Waals surface area (Å²) in [6.07, 6.45) is 3.37. The first kappa shape index (κ1) is 11.1. The standard InChI is InChI=1S/C9H12N4O2S/c1-6(7-2-3-7)13-9(16(11,14)15)8(4-10)5-12-13/h5-7H,2-3H2,1H3,(H2,11,14,15). The van der Waals surface area contributed by atoms with Crippen LogP contribution in [0.1, 0.15) is 31.4 Å². The van der Waals surface area contributed by atoms with E-state index >= 15 is 0 Å². The molecule has 0 spiro atoms. The summed E-state index contributed by atoms with van der Waals surface area (Å²) in [6, 6.07) is 1.76. The Balaban J connectivity index is 2.54. The van der Waals surface area contributed by atoms with Crippen LogP contribution in [-0.2, 0) is 10.0 Å². The van der Waals surface area contributed by atoms with E-state index < -0.39 is 10.0 Å². The van der Waals surface area contributed by atoms with Crippen molar-refractivity contribution in [2.45, 2.75) is 30.8 Å². The van der Waals surface area contributed by atoms with Crippen molar-refractivity contribution in [3.63, 3.8) is 0 Å². The molecule has 1 heterocycles. The molecule has 0 bridgehead atoms. The number of nitrogens with two attached hydrogens (primary N) is 1. The van der Waals surface area contributed by atoms with Gasteiger partial charge in [-0.3, -0.25) is 0 Å². The predicted octanol–water partition coefficient (Wildman–Crippen LogP) is 0.373. The maximum Gasteiger partial charge on any atom is 0.256 e. The first-order valence-corrected chi connectivity index (χ1v) is 6.50. The van der Waals surface area contributed by atoms with E-state index in [0.717, 1.165) is 12.8 Å². The van der Waals surface area contributed by atoms with Gasteiger partial charge < -0.3 is 0 Å². The van der Waals surface area contributed by atoms with Gasteiger partial charge in [0, 0.05) is 0 Å². The van der Waals surface area contributed by atoms with Gasteiger partial charge in [-0.15, -0.1) is 0 Å². The summed E-state index contributed by atoms with van der Waals surface area (Å²) in [6.45, 7) is 1.89. The fraction of sp³-hybridized carbons (Fsp3) is 0.556. The SMILES string of the molecule is CC(C1CC1)n1ncc(C#N)c1S(N)(=O)=O. The molecule has 2 N–H and O–H groups in total. The van der Waals surface area contributed by atoms with Gasteiger partial charge in [0.25, 0.3) is 10.0 Å². The van der Waals surface area contributed by atoms with Crippen LogP contribution in [0.5, 0.6) is 0 Å². The molecular formula is C9H12N4O2S. The topological polar surface area (TPSA) is 102 Å². The summed E-state index contributed by atoms with van der Waals surface area (Å²) in [5.41, 5.74) is 0.00926. The van der Waals surface area contributed by atoms with Gasteiger partial charge in [0.1, 0.15) is 11.6 Å². The van der Waals surface area contributed by atoms with Gasteiger partial charge in [0.05, 0.1) is 12.2 Å². The Morgan fingerprint density at radius 3 is 2.75 bits per heavy atom. The van der Waals surface area contributed by atoms with Crippen LogP contribution < -0.4 is 5.14 Å². The van der Waals surface area contributed by atoms with E-state index in [2.05, 4.69) is 5.10 Å². The zero-order chi connectivity index (χ0) is 11.9. The van der Waals surface area contributed by atoms with Crippen molar-refractivity contribution in [2.24, 2.45) is 11.1 Å². The van der Waals surface area contributed by atoms with Crippen LogP contribution in [0.4, 0.5) is 0 Å². The van der Waals surface area contributed by atoms with Crippen LogP contribution in [0.25, 0.3) is 0 Å². The third kappa shape index (κ3) is 1.81. The van der Waals surface area contributed by atoms with Crippen molar-refractivity contribution in [3.05, 3.63) is 11.8 Å². The molecule has 0 amide bonds. The van der Waals surface area contributed by atoms with Crippen molar-refractivity contribution >= 4 is 10.0 Å². The highest BCUT2D eigenvalue weighted by atomic mass is 32.2. The van der Waals surface area contributed by atoms with Crippen LogP contribution in [0.2, 0.25) is 0 Å². The molecule has 1 aromatic heterocycles. The van der Waals surface area contributed by atoms with E-state index in [4.69, 9.17) is 10.4 Å². The van der Waals surface area contributed by atoms with Gasteiger partial charge in [-0.1, -0.05) is 0 Å². The van der Waals surface area contributed by atoms with Crippen molar-refractivity contribution < 1.29 is 8.42 Å². The van der Waals surface area contributed by atoms with Crippen molar-refractivity contribution in [3.8, 4) is 6.07 Å². The van der Waals surface area contributed by atoms with Crippen molar-refractivity contribution in [2.75, 3.05) is 0 Å². The second kappa shape index (κ2) is 3.57. The maximum atomic E-state index is 11.4. The maximum absolute atomic E-state index is 11.4. The molecule has 0 aliphatic heterocycles. The quantitative estimate of drug-likeness (QED) is 0.824. The van der Waals surface area contributed by atoms with E-state index in [9.17, 15) is 8.42 Å². The van der Waals surface area contributed by atoms with Crippen LogP contribution in [0, 0.1) is 17.2 Å². The molecule has 16 heavy (non-hydrogen) atoms. The van der Waals surface area contributed by atoms with E-state index in [1.165, 1.54) is 10.9 Å². The average molecular weight is 240 g/mol. The Hall–Kier alpha value is -1.39. The van der Waals surface area contributed by atoms with Crippen LogP contribution in [0.3, 0.4) is 0 Å². The number of rotatable bonds is 3. The number of hydrogen-bond acceptors (Lipinski definition) is 4. The molecule has 0 aromatic carbocycles. The zero-order valence-corrected chi connectivity index (χ0v) is 9.61. The van der Waals surface area contributed by atoms with Crippen molar-refractivity contribution in [1.29, 1.82) is 5.26 Å². The second-order valence-corrected chi connectivity index (χ2v) is 5.52. The van der Waals surface area contributed by atoms with Gasteiger partial charge in [-0.05, 0) is 25.7 Å². The number of primary sulfonamides is 1. The van der Waals surface area contributed by atoms with E-state index in [-0.39, 0.29) is 16.6 Å². The van der Waals surface area contributed by atoms with Gasteiger partial charge >= 0.3 is 0 Å². The highest BCUT2D eigenvalue weighted by Gasteiger charge is 2.33. The predicted molar refractivity (Wildman–Crippen MR) is 55.8 cm³/mol. The minimum Gasteiger partial charge on any atom is -0.249 e. The molecule has 1 aliphatic rings. The number of sulfonamides is 1. The van der Waals surface area contributed by atoms with Gasteiger partial charge in [0.2, 0.25) is 0 Å². The summed E-state index contributed by atoms with van der Waals surface area (Å²) >= 11 is 0. The minimum absolute atomic E-state index is 0.00926. The number of nitriles is 1. The molecule has 0 radical (unpaired) electrons. The smallest absolute Gasteiger partial charge is 0.249 e. The summed E-state index contributed by atoms with van der Waals surface area (Å²) in [4.78, 5) is 0. The summed E-state index contributed by atoms with van der Waals surface area (Å²) < 4.78 is 24.2. The van der Waals surface area contributed by atoms with Crippen LogP contribution in [-0.4, -0.2) is 18.2 Å².